The molecule has 1 aromatic carbocycles. The SMILES string of the molecule is C[C@H]1[C@H](C)CCC[C@H]1NC(=O)CSc1nnc(C2CC2)n1-c1ccccc1. The van der Waals surface area contributed by atoms with Crippen molar-refractivity contribution in [1.29, 1.82) is 0 Å². The van der Waals surface area contributed by atoms with Gasteiger partial charge in [-0.3, -0.25) is 9.36 Å². The number of hydrogen-bond donors (Lipinski definition) is 1. The summed E-state index contributed by atoms with van der Waals surface area (Å²) in [5, 5.41) is 12.9. The third kappa shape index (κ3) is 4.21. The second-order valence-corrected chi connectivity index (χ2v) is 8.96. The summed E-state index contributed by atoms with van der Waals surface area (Å²) in [5.41, 5.74) is 1.07. The molecular weight excluding hydrogens is 356 g/mol. The van der Waals surface area contributed by atoms with Crippen molar-refractivity contribution in [2.75, 3.05) is 5.75 Å². The Bertz CT molecular complexity index is 787. The van der Waals surface area contributed by atoms with Gasteiger partial charge >= 0.3 is 0 Å². The van der Waals surface area contributed by atoms with Gasteiger partial charge in [0.15, 0.2) is 5.16 Å². The standard InChI is InChI=1S/C21H28N4OS/c1-14-7-6-10-18(15(14)2)22-19(26)13-27-21-24-23-20(16-11-12-16)25(21)17-8-4-3-5-9-17/h3-5,8-9,14-16,18H,6-7,10-13H2,1-2H3,(H,22,26)/t14-,15+,18-/m1/s1. The number of benzene rings is 1. The van der Waals surface area contributed by atoms with Gasteiger partial charge in [-0.1, -0.05) is 56.7 Å². The fourth-order valence-electron chi connectivity index (χ4n) is 3.96. The van der Waals surface area contributed by atoms with E-state index in [4.69, 9.17) is 0 Å². The number of thioether (sulfide) groups is 1. The third-order valence-corrected chi connectivity index (χ3v) is 6.93. The van der Waals surface area contributed by atoms with Gasteiger partial charge in [0.1, 0.15) is 5.82 Å². The smallest absolute Gasteiger partial charge is 0.230 e. The number of carbonyl (C=O) groups is 1. The number of aromatic nitrogens is 3. The normalized spacial score (nSPS) is 25.3. The highest BCUT2D eigenvalue weighted by Crippen LogP contribution is 2.41. The van der Waals surface area contributed by atoms with Crippen molar-refractivity contribution in [3.05, 3.63) is 36.2 Å². The second kappa shape index (κ2) is 8.05. The highest BCUT2D eigenvalue weighted by molar-refractivity contribution is 7.99. The van der Waals surface area contributed by atoms with Crippen molar-refractivity contribution in [1.82, 2.24) is 20.1 Å². The van der Waals surface area contributed by atoms with Crippen LogP contribution in [0, 0.1) is 11.8 Å². The van der Waals surface area contributed by atoms with E-state index in [0.717, 1.165) is 23.1 Å². The maximum absolute atomic E-state index is 12.5. The lowest BCUT2D eigenvalue weighted by Gasteiger charge is -2.34. The first kappa shape index (κ1) is 18.5. The lowest BCUT2D eigenvalue weighted by Crippen LogP contribution is -2.44. The zero-order valence-corrected chi connectivity index (χ0v) is 16.9. The molecule has 5 nitrogen and oxygen atoms in total. The van der Waals surface area contributed by atoms with Crippen LogP contribution in [-0.4, -0.2) is 32.5 Å². The lowest BCUT2D eigenvalue weighted by molar-refractivity contribution is -0.120. The highest BCUT2D eigenvalue weighted by Gasteiger charge is 2.31. The van der Waals surface area contributed by atoms with Crippen molar-refractivity contribution >= 4 is 17.7 Å². The van der Waals surface area contributed by atoms with Crippen molar-refractivity contribution < 1.29 is 4.79 Å². The number of hydrogen-bond acceptors (Lipinski definition) is 4. The monoisotopic (exact) mass is 384 g/mol. The third-order valence-electron chi connectivity index (χ3n) is 6.00. The van der Waals surface area contributed by atoms with E-state index >= 15 is 0 Å². The Hall–Kier alpha value is -1.82. The van der Waals surface area contributed by atoms with Crippen molar-refractivity contribution in [2.24, 2.45) is 11.8 Å². The maximum Gasteiger partial charge on any atom is 0.230 e. The van der Waals surface area contributed by atoms with Gasteiger partial charge in [0.2, 0.25) is 5.91 Å². The minimum Gasteiger partial charge on any atom is -0.352 e. The molecule has 27 heavy (non-hydrogen) atoms. The van der Waals surface area contributed by atoms with Gasteiger partial charge in [0.25, 0.3) is 0 Å². The van der Waals surface area contributed by atoms with Crippen LogP contribution in [0.2, 0.25) is 0 Å². The first-order valence-electron chi connectivity index (χ1n) is 10.1. The summed E-state index contributed by atoms with van der Waals surface area (Å²) in [6.45, 7) is 4.55. The van der Waals surface area contributed by atoms with Crippen LogP contribution in [0.4, 0.5) is 0 Å². The number of rotatable bonds is 6. The molecule has 0 bridgehead atoms. The van der Waals surface area contributed by atoms with Gasteiger partial charge in [-0.05, 0) is 43.2 Å². The number of carbonyl (C=O) groups excluding carboxylic acids is 1. The number of nitrogens with zero attached hydrogens (tertiary/aromatic N) is 3. The Labute approximate surface area is 165 Å². The average molecular weight is 385 g/mol. The summed E-state index contributed by atoms with van der Waals surface area (Å²) in [6.07, 6.45) is 5.92. The molecule has 0 saturated heterocycles. The van der Waals surface area contributed by atoms with Crippen molar-refractivity contribution in [3.63, 3.8) is 0 Å². The molecule has 0 spiro atoms. The molecule has 2 aromatic rings. The molecule has 2 aliphatic rings. The first-order chi connectivity index (χ1) is 13.1. The van der Waals surface area contributed by atoms with Gasteiger partial charge in [0.05, 0.1) is 5.75 Å². The minimum atomic E-state index is 0.0986. The Balaban J connectivity index is 1.43. The van der Waals surface area contributed by atoms with Crippen LogP contribution in [0.3, 0.4) is 0 Å². The summed E-state index contributed by atoms with van der Waals surface area (Å²) >= 11 is 1.48. The fourth-order valence-corrected chi connectivity index (χ4v) is 4.73. The molecule has 1 aromatic heterocycles. The van der Waals surface area contributed by atoms with E-state index in [2.05, 4.69) is 46.1 Å². The molecule has 144 valence electrons. The van der Waals surface area contributed by atoms with Crippen LogP contribution < -0.4 is 5.32 Å². The molecule has 2 saturated carbocycles. The van der Waals surface area contributed by atoms with E-state index in [1.807, 2.05) is 18.2 Å². The fraction of sp³-hybridized carbons (Fsp3) is 0.571. The van der Waals surface area contributed by atoms with Gasteiger partial charge in [-0.25, -0.2) is 0 Å². The second-order valence-electron chi connectivity index (χ2n) is 8.02. The zero-order valence-electron chi connectivity index (χ0n) is 16.1. The predicted molar refractivity (Wildman–Crippen MR) is 108 cm³/mol. The van der Waals surface area contributed by atoms with Crippen LogP contribution in [0.15, 0.2) is 35.5 Å². The molecule has 2 fully saturated rings. The molecule has 1 amide bonds. The average Bonchev–Trinajstić information content (AvgIpc) is 3.44. The Morgan fingerprint density at radius 3 is 2.67 bits per heavy atom. The van der Waals surface area contributed by atoms with Crippen LogP contribution in [0.5, 0.6) is 0 Å². The van der Waals surface area contributed by atoms with Gasteiger partial charge < -0.3 is 5.32 Å². The molecule has 2 aliphatic carbocycles. The van der Waals surface area contributed by atoms with E-state index in [0.29, 0.717) is 29.5 Å². The summed E-state index contributed by atoms with van der Waals surface area (Å²) < 4.78 is 2.13. The predicted octanol–water partition coefficient (Wildman–Crippen LogP) is 4.18. The van der Waals surface area contributed by atoms with Crippen molar-refractivity contribution in [3.8, 4) is 5.69 Å². The van der Waals surface area contributed by atoms with E-state index in [1.165, 1.54) is 37.4 Å². The van der Waals surface area contributed by atoms with E-state index in [-0.39, 0.29) is 5.91 Å². The van der Waals surface area contributed by atoms with Crippen LogP contribution in [0.25, 0.3) is 5.69 Å². The topological polar surface area (TPSA) is 59.8 Å². The highest BCUT2D eigenvalue weighted by atomic mass is 32.2. The van der Waals surface area contributed by atoms with E-state index < -0.39 is 0 Å². The molecule has 6 heteroatoms. The lowest BCUT2D eigenvalue weighted by atomic mass is 9.78. The molecular formula is C21H28N4OS. The van der Waals surface area contributed by atoms with Gasteiger partial charge in [-0.2, -0.15) is 0 Å². The summed E-state index contributed by atoms with van der Waals surface area (Å²) in [7, 11) is 0. The number of nitrogens with one attached hydrogen (secondary N) is 1. The Morgan fingerprint density at radius 2 is 1.93 bits per heavy atom. The Kier molecular flexibility index (Phi) is 5.53. The summed E-state index contributed by atoms with van der Waals surface area (Å²) in [4.78, 5) is 12.5. The maximum atomic E-state index is 12.5. The molecule has 1 heterocycles. The number of amides is 1. The largest absolute Gasteiger partial charge is 0.352 e. The Morgan fingerprint density at radius 1 is 1.15 bits per heavy atom. The molecule has 0 aliphatic heterocycles. The number of para-hydroxylation sites is 1. The van der Waals surface area contributed by atoms with Crippen LogP contribution in [0.1, 0.15) is 57.7 Å². The van der Waals surface area contributed by atoms with Crippen LogP contribution >= 0.6 is 11.8 Å². The summed E-state index contributed by atoms with van der Waals surface area (Å²) in [5.74, 6) is 3.24. The van der Waals surface area contributed by atoms with E-state index in [1.54, 1.807) is 0 Å². The molecule has 0 radical (unpaired) electrons. The van der Waals surface area contributed by atoms with Gasteiger partial charge in [0, 0.05) is 17.6 Å². The molecule has 0 unspecified atom stereocenters. The minimum absolute atomic E-state index is 0.0986. The summed E-state index contributed by atoms with van der Waals surface area (Å²) in [6, 6.07) is 10.5. The molecule has 1 N–H and O–H groups in total. The van der Waals surface area contributed by atoms with Gasteiger partial charge in [-0.15, -0.1) is 10.2 Å². The zero-order chi connectivity index (χ0) is 18.8. The quantitative estimate of drug-likeness (QED) is 0.759. The van der Waals surface area contributed by atoms with Crippen molar-refractivity contribution in [2.45, 2.75) is 63.1 Å². The van der Waals surface area contributed by atoms with Crippen LogP contribution in [-0.2, 0) is 4.79 Å². The first-order valence-corrected chi connectivity index (χ1v) is 11.0. The molecule has 3 atom stereocenters. The van der Waals surface area contributed by atoms with E-state index in [9.17, 15) is 4.79 Å². The molecule has 4 rings (SSSR count).